The largest absolute Gasteiger partial charge is 0.481 e. The summed E-state index contributed by atoms with van der Waals surface area (Å²) in [5.74, 6) is 18.2. The second kappa shape index (κ2) is 9.88. The van der Waals surface area contributed by atoms with Crippen molar-refractivity contribution in [3.8, 4) is 47.0 Å². The predicted octanol–water partition coefficient (Wildman–Crippen LogP) is 4.39. The van der Waals surface area contributed by atoms with Crippen LogP contribution in [-0.2, 0) is 0 Å². The highest BCUT2D eigenvalue weighted by atomic mass is 16.5. The Balaban J connectivity index is 1.72. The lowest BCUT2D eigenvalue weighted by molar-refractivity contribution is 0.370. The Morgan fingerprint density at radius 3 is 1.38 bits per heavy atom. The first-order valence-corrected chi connectivity index (χ1v) is 8.42. The molecule has 0 aliphatic carbocycles. The maximum atomic E-state index is 5.56. The second-order valence-electron chi connectivity index (χ2n) is 5.92. The van der Waals surface area contributed by atoms with E-state index in [0.29, 0.717) is 13.2 Å². The van der Waals surface area contributed by atoms with Gasteiger partial charge in [-0.05, 0) is 110 Å². The van der Waals surface area contributed by atoms with Crippen molar-refractivity contribution in [2.75, 3.05) is 13.2 Å². The van der Waals surface area contributed by atoms with Gasteiger partial charge < -0.3 is 9.47 Å². The molecule has 130 valence electrons. The molecule has 0 fully saturated rings. The fraction of sp³-hybridized carbons (Fsp3) is 0.250. The number of rotatable bonds is 4. The Bertz CT molecular complexity index is 873. The van der Waals surface area contributed by atoms with Crippen LogP contribution in [0, 0.1) is 63.2 Å². The summed E-state index contributed by atoms with van der Waals surface area (Å²) in [7, 11) is 0. The van der Waals surface area contributed by atoms with Crippen molar-refractivity contribution in [1.82, 2.24) is 0 Å². The molecule has 2 nitrogen and oxygen atoms in total. The second-order valence-corrected chi connectivity index (χ2v) is 5.92. The highest BCUT2D eigenvalue weighted by Crippen LogP contribution is 2.16. The SMILES string of the molecule is Cc1ccc(OCC#CC#CC#CCOc2ccc(C)c(C)c2)cc1C. The maximum absolute atomic E-state index is 5.56. The average Bonchev–Trinajstić information content (AvgIpc) is 2.62. The van der Waals surface area contributed by atoms with Crippen LogP contribution in [0.5, 0.6) is 11.5 Å². The molecular weight excluding hydrogens is 320 g/mol. The lowest BCUT2D eigenvalue weighted by Crippen LogP contribution is -1.94. The van der Waals surface area contributed by atoms with E-state index >= 15 is 0 Å². The summed E-state index contributed by atoms with van der Waals surface area (Å²) >= 11 is 0. The van der Waals surface area contributed by atoms with Crippen LogP contribution in [0.3, 0.4) is 0 Å². The van der Waals surface area contributed by atoms with Gasteiger partial charge in [-0.15, -0.1) is 0 Å². The Labute approximate surface area is 156 Å². The molecule has 0 aliphatic rings. The summed E-state index contributed by atoms with van der Waals surface area (Å²) in [6, 6.07) is 12.0. The first-order chi connectivity index (χ1) is 12.6. The minimum atomic E-state index is 0.306. The Morgan fingerprint density at radius 2 is 1.00 bits per heavy atom. The number of benzene rings is 2. The van der Waals surface area contributed by atoms with Crippen molar-refractivity contribution in [3.05, 3.63) is 58.7 Å². The van der Waals surface area contributed by atoms with Gasteiger partial charge in [-0.3, -0.25) is 0 Å². The molecule has 2 rings (SSSR count). The van der Waals surface area contributed by atoms with E-state index in [1.807, 2.05) is 36.4 Å². The summed E-state index contributed by atoms with van der Waals surface area (Å²) in [5.41, 5.74) is 4.89. The highest BCUT2D eigenvalue weighted by molar-refractivity contribution is 5.37. The third-order valence-electron chi connectivity index (χ3n) is 3.94. The summed E-state index contributed by atoms with van der Waals surface area (Å²) in [5, 5.41) is 0. The van der Waals surface area contributed by atoms with Gasteiger partial charge in [0.25, 0.3) is 0 Å². The zero-order valence-corrected chi connectivity index (χ0v) is 15.7. The van der Waals surface area contributed by atoms with Gasteiger partial charge in [0, 0.05) is 0 Å². The van der Waals surface area contributed by atoms with Gasteiger partial charge in [0.15, 0.2) is 0 Å². The van der Waals surface area contributed by atoms with E-state index in [2.05, 4.69) is 63.2 Å². The molecule has 2 aromatic rings. The molecule has 0 radical (unpaired) electrons. The minimum absolute atomic E-state index is 0.306. The normalized spacial score (nSPS) is 8.92. The molecule has 0 bridgehead atoms. The maximum Gasteiger partial charge on any atom is 0.150 e. The summed E-state index contributed by atoms with van der Waals surface area (Å²) < 4.78 is 11.1. The highest BCUT2D eigenvalue weighted by Gasteiger charge is 1.96. The van der Waals surface area contributed by atoms with Crippen LogP contribution >= 0.6 is 0 Å². The number of hydrogen-bond acceptors (Lipinski definition) is 2. The quantitative estimate of drug-likeness (QED) is 0.767. The summed E-state index contributed by atoms with van der Waals surface area (Å²) in [4.78, 5) is 0. The third kappa shape index (κ3) is 6.32. The van der Waals surface area contributed by atoms with Crippen molar-refractivity contribution >= 4 is 0 Å². The lowest BCUT2D eigenvalue weighted by atomic mass is 10.1. The van der Waals surface area contributed by atoms with Gasteiger partial charge in [-0.1, -0.05) is 12.1 Å². The number of hydrogen-bond donors (Lipinski definition) is 0. The van der Waals surface area contributed by atoms with E-state index in [-0.39, 0.29) is 0 Å². The Morgan fingerprint density at radius 1 is 0.577 bits per heavy atom. The van der Waals surface area contributed by atoms with E-state index in [1.54, 1.807) is 0 Å². The molecule has 2 aromatic carbocycles. The van der Waals surface area contributed by atoms with E-state index < -0.39 is 0 Å². The smallest absolute Gasteiger partial charge is 0.150 e. The lowest BCUT2D eigenvalue weighted by Gasteiger charge is -2.04. The van der Waals surface area contributed by atoms with Crippen molar-refractivity contribution in [2.45, 2.75) is 27.7 Å². The molecule has 0 aromatic heterocycles. The van der Waals surface area contributed by atoms with Gasteiger partial charge >= 0.3 is 0 Å². The topological polar surface area (TPSA) is 18.5 Å². The van der Waals surface area contributed by atoms with E-state index in [0.717, 1.165) is 11.5 Å². The molecule has 0 saturated heterocycles. The van der Waals surface area contributed by atoms with Gasteiger partial charge in [0.05, 0.1) is 0 Å². The van der Waals surface area contributed by atoms with Crippen molar-refractivity contribution < 1.29 is 9.47 Å². The molecular formula is C24H22O2. The molecule has 0 saturated carbocycles. The van der Waals surface area contributed by atoms with Crippen LogP contribution in [-0.4, -0.2) is 13.2 Å². The van der Waals surface area contributed by atoms with Crippen molar-refractivity contribution in [3.63, 3.8) is 0 Å². The monoisotopic (exact) mass is 342 g/mol. The van der Waals surface area contributed by atoms with Crippen LogP contribution in [0.25, 0.3) is 0 Å². The molecule has 26 heavy (non-hydrogen) atoms. The molecule has 0 aliphatic heterocycles. The zero-order chi connectivity index (χ0) is 18.8. The van der Waals surface area contributed by atoms with Crippen LogP contribution in [0.1, 0.15) is 22.3 Å². The van der Waals surface area contributed by atoms with E-state index in [9.17, 15) is 0 Å². The molecule has 0 unspecified atom stereocenters. The molecule has 0 atom stereocenters. The van der Waals surface area contributed by atoms with Crippen LogP contribution in [0.4, 0.5) is 0 Å². The first-order valence-electron chi connectivity index (χ1n) is 8.42. The summed E-state index contributed by atoms with van der Waals surface area (Å²) in [6.07, 6.45) is 0. The van der Waals surface area contributed by atoms with Gasteiger partial charge in [0.2, 0.25) is 0 Å². The van der Waals surface area contributed by atoms with Crippen LogP contribution in [0.2, 0.25) is 0 Å². The molecule has 0 heterocycles. The molecule has 0 N–H and O–H groups in total. The van der Waals surface area contributed by atoms with E-state index in [4.69, 9.17) is 9.47 Å². The van der Waals surface area contributed by atoms with Gasteiger partial charge in [-0.2, -0.15) is 0 Å². The number of aryl methyl sites for hydroxylation is 4. The standard InChI is InChI=1S/C24H22O2/c1-19-11-13-23(17-21(19)3)25-15-9-7-5-6-8-10-16-26-24-14-12-20(2)22(4)18-24/h11-14,17-18H,15-16H2,1-4H3. The van der Waals surface area contributed by atoms with Gasteiger partial charge in [0.1, 0.15) is 24.7 Å². The summed E-state index contributed by atoms with van der Waals surface area (Å²) in [6.45, 7) is 8.87. The third-order valence-corrected chi connectivity index (χ3v) is 3.94. The van der Waals surface area contributed by atoms with Gasteiger partial charge in [-0.25, -0.2) is 0 Å². The van der Waals surface area contributed by atoms with Crippen molar-refractivity contribution in [1.29, 1.82) is 0 Å². The molecule has 2 heteroatoms. The predicted molar refractivity (Wildman–Crippen MR) is 106 cm³/mol. The van der Waals surface area contributed by atoms with Crippen LogP contribution < -0.4 is 9.47 Å². The first kappa shape index (κ1) is 19.1. The fourth-order valence-corrected chi connectivity index (χ4v) is 2.07. The van der Waals surface area contributed by atoms with E-state index in [1.165, 1.54) is 22.3 Å². The molecule has 0 spiro atoms. The number of ether oxygens (including phenoxy) is 2. The fourth-order valence-electron chi connectivity index (χ4n) is 2.07. The Kier molecular flexibility index (Phi) is 7.24. The average molecular weight is 342 g/mol. The Hall–Kier alpha value is -3.28. The van der Waals surface area contributed by atoms with Crippen molar-refractivity contribution in [2.24, 2.45) is 0 Å². The minimum Gasteiger partial charge on any atom is -0.481 e. The van der Waals surface area contributed by atoms with Crippen LogP contribution in [0.15, 0.2) is 36.4 Å². The zero-order valence-electron chi connectivity index (χ0n) is 15.7. The molecule has 0 amide bonds.